The number of aliphatic carboxylic acids is 1. The molecule has 0 unspecified atom stereocenters. The summed E-state index contributed by atoms with van der Waals surface area (Å²) >= 11 is 0. The van der Waals surface area contributed by atoms with Crippen molar-refractivity contribution >= 4 is 17.7 Å². The van der Waals surface area contributed by atoms with Crippen LogP contribution in [0.5, 0.6) is 5.75 Å². The van der Waals surface area contributed by atoms with Crippen molar-refractivity contribution in [2.24, 2.45) is 11.7 Å². The molecule has 2 atom stereocenters. The molecule has 7 nitrogen and oxygen atoms in total. The van der Waals surface area contributed by atoms with Crippen molar-refractivity contribution in [1.82, 2.24) is 4.90 Å². The highest BCUT2D eigenvalue weighted by Crippen LogP contribution is 2.28. The average Bonchev–Trinajstić information content (AvgIpc) is 3.09. The summed E-state index contributed by atoms with van der Waals surface area (Å²) in [7, 11) is 0. The van der Waals surface area contributed by atoms with Crippen LogP contribution in [0, 0.1) is 11.3 Å². The molecule has 1 fully saturated rings. The second-order valence-electron chi connectivity index (χ2n) is 7.35. The zero-order valence-corrected chi connectivity index (χ0v) is 16.3. The van der Waals surface area contributed by atoms with E-state index in [0.717, 1.165) is 11.1 Å². The summed E-state index contributed by atoms with van der Waals surface area (Å²) in [5.74, 6) is -0.204. The van der Waals surface area contributed by atoms with E-state index in [1.807, 2.05) is 48.5 Å². The van der Waals surface area contributed by atoms with Crippen molar-refractivity contribution in [2.75, 3.05) is 13.2 Å². The number of benzene rings is 2. The molecule has 0 bridgehead atoms. The second-order valence-corrected chi connectivity index (χ2v) is 7.35. The lowest BCUT2D eigenvalue weighted by atomic mass is 10.0. The molecule has 1 aliphatic heterocycles. The Bertz CT molecular complexity index is 893. The molecule has 0 aliphatic carbocycles. The van der Waals surface area contributed by atoms with Crippen LogP contribution in [0.3, 0.4) is 0 Å². The summed E-state index contributed by atoms with van der Waals surface area (Å²) in [4.78, 5) is 24.5. The number of carbonyl (C=O) groups excluding carboxylic acids is 1. The van der Waals surface area contributed by atoms with Gasteiger partial charge in [-0.3, -0.25) is 15.0 Å². The first kappa shape index (κ1) is 20.4. The van der Waals surface area contributed by atoms with Crippen LogP contribution < -0.4 is 10.5 Å². The Morgan fingerprint density at radius 2 is 1.72 bits per heavy atom. The smallest absolute Gasteiger partial charge is 0.303 e. The van der Waals surface area contributed by atoms with Crippen molar-refractivity contribution < 1.29 is 19.4 Å². The number of likely N-dealkylation sites (tertiary alicyclic amines) is 1. The number of amides is 1. The maximum Gasteiger partial charge on any atom is 0.303 e. The zero-order valence-electron chi connectivity index (χ0n) is 16.3. The molecule has 1 heterocycles. The van der Waals surface area contributed by atoms with Gasteiger partial charge in [-0.25, -0.2) is 0 Å². The molecule has 7 heteroatoms. The molecule has 2 aromatic rings. The molecule has 4 N–H and O–H groups in total. The minimum absolute atomic E-state index is 0.0367. The van der Waals surface area contributed by atoms with Crippen LogP contribution >= 0.6 is 0 Å². The number of hydrogen-bond donors (Lipinski definition) is 3. The normalized spacial score (nSPS) is 18.4. The number of amidine groups is 1. The maximum atomic E-state index is 11.9. The number of nitrogens with one attached hydrogen (secondary N) is 1. The van der Waals surface area contributed by atoms with Gasteiger partial charge in [-0.2, -0.15) is 0 Å². The molecule has 0 spiro atoms. The molecule has 0 aromatic heterocycles. The van der Waals surface area contributed by atoms with Crippen LogP contribution in [-0.2, 0) is 9.59 Å². The third-order valence-corrected chi connectivity index (χ3v) is 5.19. The molecular weight excluding hydrogens is 370 g/mol. The van der Waals surface area contributed by atoms with Crippen molar-refractivity contribution in [1.29, 1.82) is 5.41 Å². The van der Waals surface area contributed by atoms with Crippen LogP contribution in [-0.4, -0.2) is 46.9 Å². The summed E-state index contributed by atoms with van der Waals surface area (Å²) in [6.07, 6.45) is 0.698. The highest BCUT2D eigenvalue weighted by Gasteiger charge is 2.35. The van der Waals surface area contributed by atoms with E-state index in [1.165, 1.54) is 6.92 Å². The Morgan fingerprint density at radius 1 is 1.14 bits per heavy atom. The van der Waals surface area contributed by atoms with E-state index in [0.29, 0.717) is 30.9 Å². The highest BCUT2D eigenvalue weighted by molar-refractivity contribution is 5.95. The van der Waals surface area contributed by atoms with Gasteiger partial charge in [0, 0.05) is 25.5 Å². The molecule has 1 amide bonds. The highest BCUT2D eigenvalue weighted by atomic mass is 16.5. The zero-order chi connectivity index (χ0) is 21.0. The number of carboxylic acid groups (broad SMARTS) is 1. The Morgan fingerprint density at radius 3 is 2.24 bits per heavy atom. The Hall–Kier alpha value is -3.35. The van der Waals surface area contributed by atoms with E-state index >= 15 is 0 Å². The van der Waals surface area contributed by atoms with E-state index in [1.54, 1.807) is 4.90 Å². The first-order valence-corrected chi connectivity index (χ1v) is 9.50. The molecule has 3 rings (SSSR count). The number of hydrogen-bond acceptors (Lipinski definition) is 4. The van der Waals surface area contributed by atoms with Crippen molar-refractivity contribution in [3.05, 3.63) is 54.1 Å². The molecule has 29 heavy (non-hydrogen) atoms. The topological polar surface area (TPSA) is 117 Å². The SMILES string of the molecule is CC(=O)N1C[C@@H](CC(=O)O)C[C@@H]1COc1ccc(-c2ccc(C(=N)N)cc2)cc1. The fraction of sp³-hybridized carbons (Fsp3) is 0.318. The average molecular weight is 395 g/mol. The Balaban J connectivity index is 1.61. The summed E-state index contributed by atoms with van der Waals surface area (Å²) < 4.78 is 5.88. The predicted molar refractivity (Wildman–Crippen MR) is 110 cm³/mol. The maximum absolute atomic E-state index is 11.9. The Labute approximate surface area is 169 Å². The van der Waals surface area contributed by atoms with Crippen LogP contribution in [0.2, 0.25) is 0 Å². The first-order valence-electron chi connectivity index (χ1n) is 9.50. The second kappa shape index (κ2) is 8.77. The van der Waals surface area contributed by atoms with Gasteiger partial charge in [-0.15, -0.1) is 0 Å². The molecule has 1 aliphatic rings. The Kier molecular flexibility index (Phi) is 6.16. The monoisotopic (exact) mass is 395 g/mol. The van der Waals surface area contributed by atoms with E-state index < -0.39 is 5.97 Å². The van der Waals surface area contributed by atoms with E-state index in [-0.39, 0.29) is 30.1 Å². The van der Waals surface area contributed by atoms with Gasteiger partial charge in [0.05, 0.1) is 6.04 Å². The third-order valence-electron chi connectivity index (χ3n) is 5.19. The van der Waals surface area contributed by atoms with Gasteiger partial charge in [0.2, 0.25) is 5.91 Å². The molecule has 0 saturated carbocycles. The number of rotatable bonds is 7. The lowest BCUT2D eigenvalue weighted by molar-refractivity contribution is -0.138. The van der Waals surface area contributed by atoms with E-state index in [2.05, 4.69) is 0 Å². The summed E-state index contributed by atoms with van der Waals surface area (Å²) in [5.41, 5.74) is 8.19. The van der Waals surface area contributed by atoms with Gasteiger partial charge in [-0.1, -0.05) is 36.4 Å². The summed E-state index contributed by atoms with van der Waals surface area (Å²) in [6.45, 7) is 2.30. The lowest BCUT2D eigenvalue weighted by Crippen LogP contribution is -2.37. The molecule has 0 radical (unpaired) electrons. The number of nitrogens with two attached hydrogens (primary N) is 1. The molecule has 1 saturated heterocycles. The number of carbonyl (C=O) groups is 2. The molecular formula is C22H25N3O4. The first-order chi connectivity index (χ1) is 13.8. The van der Waals surface area contributed by atoms with Gasteiger partial charge in [-0.05, 0) is 35.6 Å². The lowest BCUT2D eigenvalue weighted by Gasteiger charge is -2.23. The molecule has 152 valence electrons. The fourth-order valence-corrected chi connectivity index (χ4v) is 3.73. The number of nitrogen functional groups attached to an aromatic ring is 1. The fourth-order valence-electron chi connectivity index (χ4n) is 3.73. The van der Waals surface area contributed by atoms with Crippen molar-refractivity contribution in [3.63, 3.8) is 0 Å². The van der Waals surface area contributed by atoms with Gasteiger partial charge in [0.15, 0.2) is 0 Å². The van der Waals surface area contributed by atoms with Gasteiger partial charge >= 0.3 is 5.97 Å². The van der Waals surface area contributed by atoms with E-state index in [9.17, 15) is 9.59 Å². The number of ether oxygens (including phenoxy) is 1. The van der Waals surface area contributed by atoms with Gasteiger partial charge in [0.1, 0.15) is 18.2 Å². The number of carboxylic acids is 1. The quantitative estimate of drug-likeness (QED) is 0.492. The molecule has 2 aromatic carbocycles. The predicted octanol–water partition coefficient (Wildman–Crippen LogP) is 2.73. The van der Waals surface area contributed by atoms with Gasteiger partial charge < -0.3 is 20.5 Å². The standard InChI is InChI=1S/C22H25N3O4/c1-14(26)25-12-15(11-21(27)28)10-19(25)13-29-20-8-6-17(7-9-20)16-2-4-18(5-3-16)22(23)24/h2-9,15,19H,10-13H2,1H3,(H3,23,24)(H,27,28)/t15-,19-/m1/s1. The number of nitrogens with zero attached hydrogens (tertiary/aromatic N) is 1. The van der Waals surface area contributed by atoms with Crippen LogP contribution in [0.4, 0.5) is 0 Å². The minimum atomic E-state index is -0.841. The van der Waals surface area contributed by atoms with Crippen LogP contribution in [0.15, 0.2) is 48.5 Å². The third kappa shape index (κ3) is 5.13. The summed E-state index contributed by atoms with van der Waals surface area (Å²) in [6, 6.07) is 15.0. The largest absolute Gasteiger partial charge is 0.491 e. The van der Waals surface area contributed by atoms with E-state index in [4.69, 9.17) is 21.0 Å². The van der Waals surface area contributed by atoms with Gasteiger partial charge in [0.25, 0.3) is 0 Å². The van der Waals surface area contributed by atoms with Crippen LogP contribution in [0.1, 0.15) is 25.3 Å². The van der Waals surface area contributed by atoms with Crippen molar-refractivity contribution in [3.8, 4) is 16.9 Å². The minimum Gasteiger partial charge on any atom is -0.491 e. The van der Waals surface area contributed by atoms with Crippen LogP contribution in [0.25, 0.3) is 11.1 Å². The summed E-state index contributed by atoms with van der Waals surface area (Å²) in [5, 5.41) is 16.5. The van der Waals surface area contributed by atoms with Crippen molar-refractivity contribution in [2.45, 2.75) is 25.8 Å².